The highest BCUT2D eigenvalue weighted by Crippen LogP contribution is 2.28. The second kappa shape index (κ2) is 6.71. The fourth-order valence-electron chi connectivity index (χ4n) is 3.11. The molecule has 0 aliphatic carbocycles. The van der Waals surface area contributed by atoms with Crippen LogP contribution in [0, 0.1) is 0 Å². The Balaban J connectivity index is 1.52. The molecule has 1 N–H and O–H groups in total. The summed E-state index contributed by atoms with van der Waals surface area (Å²) in [6.45, 7) is 0. The van der Waals surface area contributed by atoms with Gasteiger partial charge in [0.25, 0.3) is 23.6 Å². The summed E-state index contributed by atoms with van der Waals surface area (Å²) in [7, 11) is 0. The zero-order valence-corrected chi connectivity index (χ0v) is 14.5. The quantitative estimate of drug-likeness (QED) is 0.821. The van der Waals surface area contributed by atoms with Gasteiger partial charge in [0.05, 0.1) is 11.4 Å². The summed E-state index contributed by atoms with van der Waals surface area (Å²) in [6.07, 6.45) is 3.88. The van der Waals surface area contributed by atoms with E-state index < -0.39 is 29.7 Å². The van der Waals surface area contributed by atoms with Crippen molar-refractivity contribution in [2.75, 3.05) is 9.80 Å². The molecule has 4 amide bonds. The van der Waals surface area contributed by atoms with Gasteiger partial charge in [-0.25, -0.2) is 9.80 Å². The first-order chi connectivity index (χ1) is 13.5. The molecule has 138 valence electrons. The van der Waals surface area contributed by atoms with Crippen LogP contribution in [0.15, 0.2) is 72.8 Å². The van der Waals surface area contributed by atoms with Gasteiger partial charge in [0.1, 0.15) is 6.10 Å². The van der Waals surface area contributed by atoms with Crippen molar-refractivity contribution in [2.45, 2.75) is 6.10 Å². The third kappa shape index (κ3) is 2.93. The van der Waals surface area contributed by atoms with Gasteiger partial charge in [-0.1, -0.05) is 24.3 Å². The Kier molecular flexibility index (Phi) is 4.21. The van der Waals surface area contributed by atoms with Crippen molar-refractivity contribution in [3.8, 4) is 0 Å². The van der Waals surface area contributed by atoms with Gasteiger partial charge in [0.15, 0.2) is 0 Å². The Bertz CT molecular complexity index is 930. The average Bonchev–Trinajstić information content (AvgIpc) is 3.22. The number of imide groups is 2. The Hall–Kier alpha value is -3.84. The Morgan fingerprint density at radius 1 is 0.536 bits per heavy atom. The number of anilines is 2. The minimum absolute atomic E-state index is 0.408. The zero-order chi connectivity index (χ0) is 19.8. The highest BCUT2D eigenvalue weighted by atomic mass is 16.3. The predicted octanol–water partition coefficient (Wildman–Crippen LogP) is 1.63. The molecule has 0 bridgehead atoms. The van der Waals surface area contributed by atoms with Crippen molar-refractivity contribution in [2.24, 2.45) is 0 Å². The van der Waals surface area contributed by atoms with Crippen LogP contribution < -0.4 is 9.80 Å². The number of aliphatic hydroxyl groups is 1. The lowest BCUT2D eigenvalue weighted by molar-refractivity contribution is -0.121. The number of hydrogen-bond donors (Lipinski definition) is 1. The number of benzene rings is 2. The third-order valence-corrected chi connectivity index (χ3v) is 4.55. The van der Waals surface area contributed by atoms with E-state index in [0.717, 1.165) is 9.80 Å². The summed E-state index contributed by atoms with van der Waals surface area (Å²) in [5.74, 6) is -1.63. The normalized spacial score (nSPS) is 16.2. The molecule has 2 aliphatic rings. The molecule has 0 aromatic heterocycles. The Morgan fingerprint density at radius 3 is 1.11 bits per heavy atom. The number of amides is 4. The van der Waals surface area contributed by atoms with Crippen molar-refractivity contribution < 1.29 is 24.3 Å². The summed E-state index contributed by atoms with van der Waals surface area (Å²) in [5, 5.41) is 10.6. The molecule has 0 saturated carbocycles. The van der Waals surface area contributed by atoms with Crippen LogP contribution in [0.1, 0.15) is 17.2 Å². The van der Waals surface area contributed by atoms with Gasteiger partial charge in [0.2, 0.25) is 0 Å². The number of hydrogen-bond acceptors (Lipinski definition) is 5. The molecule has 0 saturated heterocycles. The lowest BCUT2D eigenvalue weighted by Crippen LogP contribution is -2.29. The lowest BCUT2D eigenvalue weighted by atomic mass is 10.0. The number of carbonyl (C=O) groups is 4. The van der Waals surface area contributed by atoms with Crippen molar-refractivity contribution in [1.29, 1.82) is 0 Å². The van der Waals surface area contributed by atoms with Gasteiger partial charge >= 0.3 is 0 Å². The molecule has 0 unspecified atom stereocenters. The van der Waals surface area contributed by atoms with E-state index in [0.29, 0.717) is 22.5 Å². The molecule has 2 heterocycles. The van der Waals surface area contributed by atoms with Gasteiger partial charge in [-0.2, -0.15) is 0 Å². The Labute approximate surface area is 159 Å². The van der Waals surface area contributed by atoms with Crippen LogP contribution in [0.2, 0.25) is 0 Å². The molecule has 7 heteroatoms. The van der Waals surface area contributed by atoms with E-state index in [9.17, 15) is 24.3 Å². The molecular weight excluding hydrogens is 360 g/mol. The first-order valence-electron chi connectivity index (χ1n) is 8.46. The molecule has 4 rings (SSSR count). The maximum absolute atomic E-state index is 11.7. The number of nitrogens with zero attached hydrogens (tertiary/aromatic N) is 2. The number of aliphatic hydroxyl groups excluding tert-OH is 1. The van der Waals surface area contributed by atoms with E-state index in [1.165, 1.54) is 24.3 Å². The summed E-state index contributed by atoms with van der Waals surface area (Å²) in [5.41, 5.74) is 1.98. The van der Waals surface area contributed by atoms with E-state index in [4.69, 9.17) is 0 Å². The largest absolute Gasteiger partial charge is 0.384 e. The van der Waals surface area contributed by atoms with Crippen molar-refractivity contribution >= 4 is 35.0 Å². The van der Waals surface area contributed by atoms with Gasteiger partial charge in [-0.05, 0) is 35.4 Å². The van der Waals surface area contributed by atoms with E-state index >= 15 is 0 Å². The SMILES string of the molecule is O=C1C=CC(=O)N1c1ccc(C(O)c2ccc(N3C(=O)C=CC3=O)cc2)cc1. The van der Waals surface area contributed by atoms with Crippen LogP contribution in [0.5, 0.6) is 0 Å². The van der Waals surface area contributed by atoms with E-state index in [2.05, 4.69) is 0 Å². The third-order valence-electron chi connectivity index (χ3n) is 4.55. The predicted molar refractivity (Wildman–Crippen MR) is 100 cm³/mol. The molecule has 0 fully saturated rings. The second-order valence-corrected chi connectivity index (χ2v) is 6.28. The maximum atomic E-state index is 11.7. The van der Waals surface area contributed by atoms with Crippen LogP contribution in [-0.4, -0.2) is 28.7 Å². The van der Waals surface area contributed by atoms with Crippen LogP contribution in [0.4, 0.5) is 11.4 Å². The van der Waals surface area contributed by atoms with Gasteiger partial charge < -0.3 is 5.11 Å². The zero-order valence-electron chi connectivity index (χ0n) is 14.5. The summed E-state index contributed by atoms with van der Waals surface area (Å²) in [6, 6.07) is 12.9. The van der Waals surface area contributed by atoms with E-state index in [-0.39, 0.29) is 0 Å². The van der Waals surface area contributed by atoms with Crippen LogP contribution >= 0.6 is 0 Å². The van der Waals surface area contributed by atoms with Crippen LogP contribution in [0.25, 0.3) is 0 Å². The number of rotatable bonds is 4. The molecule has 7 nitrogen and oxygen atoms in total. The number of carbonyl (C=O) groups excluding carboxylic acids is 4. The monoisotopic (exact) mass is 374 g/mol. The Morgan fingerprint density at radius 2 is 0.821 bits per heavy atom. The van der Waals surface area contributed by atoms with Crippen molar-refractivity contribution in [1.82, 2.24) is 0 Å². The van der Waals surface area contributed by atoms with Gasteiger partial charge in [0, 0.05) is 24.3 Å². The molecule has 0 radical (unpaired) electrons. The van der Waals surface area contributed by atoms with Crippen molar-refractivity contribution in [3.63, 3.8) is 0 Å². The van der Waals surface area contributed by atoms with Crippen LogP contribution in [-0.2, 0) is 19.2 Å². The lowest BCUT2D eigenvalue weighted by Gasteiger charge is -2.17. The molecule has 0 spiro atoms. The topological polar surface area (TPSA) is 95.0 Å². The van der Waals surface area contributed by atoms with E-state index in [1.54, 1.807) is 48.5 Å². The molecule has 28 heavy (non-hydrogen) atoms. The first-order valence-corrected chi connectivity index (χ1v) is 8.46. The molecule has 0 atom stereocenters. The van der Waals surface area contributed by atoms with Crippen LogP contribution in [0.3, 0.4) is 0 Å². The maximum Gasteiger partial charge on any atom is 0.258 e. The van der Waals surface area contributed by atoms with Crippen molar-refractivity contribution in [3.05, 3.63) is 84.0 Å². The first kappa shape index (κ1) is 17.6. The fraction of sp³-hybridized carbons (Fsp3) is 0.0476. The minimum atomic E-state index is -0.950. The van der Waals surface area contributed by atoms with Gasteiger partial charge in [-0.15, -0.1) is 0 Å². The van der Waals surface area contributed by atoms with E-state index in [1.807, 2.05) is 0 Å². The fourth-order valence-corrected chi connectivity index (χ4v) is 3.11. The van der Waals surface area contributed by atoms with Gasteiger partial charge in [-0.3, -0.25) is 19.2 Å². The minimum Gasteiger partial charge on any atom is -0.384 e. The highest BCUT2D eigenvalue weighted by molar-refractivity contribution is 6.28. The highest BCUT2D eigenvalue weighted by Gasteiger charge is 2.26. The summed E-state index contributed by atoms with van der Waals surface area (Å²) >= 11 is 0. The smallest absolute Gasteiger partial charge is 0.258 e. The summed E-state index contributed by atoms with van der Waals surface area (Å²) < 4.78 is 0. The molecule has 2 aromatic rings. The average molecular weight is 374 g/mol. The standard InChI is InChI=1S/C21H14N2O5/c24-17-9-10-18(25)22(17)15-5-1-13(2-6-15)21(28)14-3-7-16(8-4-14)23-19(26)11-12-20(23)27/h1-12,21,28H. The second-order valence-electron chi connectivity index (χ2n) is 6.28. The summed E-state index contributed by atoms with van der Waals surface area (Å²) in [4.78, 5) is 49.0. The molecular formula is C21H14N2O5. The molecule has 2 aromatic carbocycles. The molecule has 2 aliphatic heterocycles.